The van der Waals surface area contributed by atoms with Gasteiger partial charge in [0.15, 0.2) is 10.8 Å². The number of thiazole rings is 1. The molecule has 1 heterocycles. The van der Waals surface area contributed by atoms with Crippen LogP contribution in [-0.4, -0.2) is 41.7 Å². The van der Waals surface area contributed by atoms with E-state index in [4.69, 9.17) is 9.57 Å². The number of oxime groups is 1. The van der Waals surface area contributed by atoms with Gasteiger partial charge in [-0.25, -0.2) is 4.98 Å². The molecule has 11 heteroatoms. The summed E-state index contributed by atoms with van der Waals surface area (Å²) in [4.78, 5) is 22.3. The van der Waals surface area contributed by atoms with Crippen molar-refractivity contribution in [3.8, 4) is 0 Å². The molecular weight excluding hydrogens is 538 g/mol. The average molecular weight is 566 g/mol. The minimum Gasteiger partial charge on any atom is -0.360 e. The highest BCUT2D eigenvalue weighted by molar-refractivity contribution is 8.03. The Morgan fingerprint density at radius 3 is 1.77 bits per heavy atom. The van der Waals surface area contributed by atoms with Gasteiger partial charge in [0, 0.05) is 26.3 Å². The fourth-order valence-corrected chi connectivity index (χ4v) is 5.02. The molecule has 0 aliphatic rings. The van der Waals surface area contributed by atoms with Gasteiger partial charge >= 0.3 is 15.2 Å². The lowest BCUT2D eigenvalue weighted by atomic mass is 9.77. The second kappa shape index (κ2) is 11.5. The van der Waals surface area contributed by atoms with Crippen LogP contribution in [0.1, 0.15) is 36.2 Å². The smallest absolute Gasteiger partial charge is 0.335 e. The highest BCUT2D eigenvalue weighted by Crippen LogP contribution is 2.40. The lowest BCUT2D eigenvalue weighted by molar-refractivity contribution is -0.197. The van der Waals surface area contributed by atoms with Crippen molar-refractivity contribution in [1.82, 2.24) is 4.98 Å². The van der Waals surface area contributed by atoms with Crippen LogP contribution in [0.5, 0.6) is 0 Å². The van der Waals surface area contributed by atoms with E-state index in [-0.39, 0.29) is 5.69 Å². The molecule has 0 fully saturated rings. The molecule has 4 rings (SSSR count). The molecule has 0 radical (unpaired) electrons. The second-order valence-electron chi connectivity index (χ2n) is 8.91. The van der Waals surface area contributed by atoms with Crippen LogP contribution >= 0.6 is 11.3 Å². The molecule has 0 unspecified atom stereocenters. The Bertz CT molecular complexity index is 1460. The van der Waals surface area contributed by atoms with Crippen LogP contribution < -0.4 is 5.32 Å². The van der Waals surface area contributed by atoms with Gasteiger partial charge in [-0.1, -0.05) is 96.2 Å². The van der Waals surface area contributed by atoms with Crippen LogP contribution in [0.3, 0.4) is 0 Å². The van der Waals surface area contributed by atoms with Gasteiger partial charge in [0.1, 0.15) is 11.2 Å². The largest absolute Gasteiger partial charge is 0.360 e. The Morgan fingerprint density at radius 2 is 1.36 bits per heavy atom. The molecule has 9 nitrogen and oxygen atoms in total. The summed E-state index contributed by atoms with van der Waals surface area (Å²) in [5.74, 6) is -1.27. The molecule has 0 aliphatic carbocycles. The predicted molar refractivity (Wildman–Crippen MR) is 150 cm³/mol. The van der Waals surface area contributed by atoms with E-state index in [1.807, 2.05) is 91.0 Å². The van der Waals surface area contributed by atoms with E-state index in [9.17, 15) is 17.8 Å². The van der Waals surface area contributed by atoms with Gasteiger partial charge in [0.2, 0.25) is 5.79 Å². The van der Waals surface area contributed by atoms with Gasteiger partial charge in [0.05, 0.1) is 0 Å². The number of carbonyl (C=O) groups is 1. The van der Waals surface area contributed by atoms with Crippen molar-refractivity contribution in [2.24, 2.45) is 5.16 Å². The molecule has 4 aromatic rings. The molecule has 1 aromatic heterocycles. The number of aromatic nitrogens is 1. The molecule has 0 aliphatic heterocycles. The second-order valence-corrected chi connectivity index (χ2v) is 11.1. The van der Waals surface area contributed by atoms with Crippen molar-refractivity contribution >= 4 is 37.4 Å². The third-order valence-electron chi connectivity index (χ3n) is 5.94. The lowest BCUT2D eigenvalue weighted by Gasteiger charge is -2.36. The first kappa shape index (κ1) is 28.1. The maximum absolute atomic E-state index is 12.6. The highest BCUT2D eigenvalue weighted by atomic mass is 32.2. The maximum Gasteiger partial charge on any atom is 0.335 e. The van der Waals surface area contributed by atoms with E-state index in [1.54, 1.807) is 0 Å². The number of rotatable bonds is 10. The topological polar surface area (TPSA) is 127 Å². The molecule has 202 valence electrons. The summed E-state index contributed by atoms with van der Waals surface area (Å²) in [5, 5.41) is 7.42. The molecular formula is C28H27N3O6S2. The van der Waals surface area contributed by atoms with E-state index in [2.05, 4.69) is 15.5 Å². The van der Waals surface area contributed by atoms with Gasteiger partial charge in [0.25, 0.3) is 0 Å². The van der Waals surface area contributed by atoms with Crippen molar-refractivity contribution in [3.05, 3.63) is 119 Å². The minimum atomic E-state index is -5.13. The fourth-order valence-electron chi connectivity index (χ4n) is 3.88. The fraction of sp³-hybridized carbons (Fsp3) is 0.179. The van der Waals surface area contributed by atoms with Crippen LogP contribution in [0.2, 0.25) is 0 Å². The Hall–Kier alpha value is -3.90. The lowest BCUT2D eigenvalue weighted by Crippen LogP contribution is -2.38. The summed E-state index contributed by atoms with van der Waals surface area (Å²) in [6.45, 7) is 3.04. The van der Waals surface area contributed by atoms with Crippen molar-refractivity contribution in [3.63, 3.8) is 0 Å². The third-order valence-corrected chi connectivity index (χ3v) is 7.36. The summed E-state index contributed by atoms with van der Waals surface area (Å²) in [6, 6.07) is 29.4. The summed E-state index contributed by atoms with van der Waals surface area (Å²) >= 11 is 1.14. The summed E-state index contributed by atoms with van der Waals surface area (Å²) < 4.78 is 38.0. The maximum atomic E-state index is 12.6. The summed E-state index contributed by atoms with van der Waals surface area (Å²) in [7, 11) is -3.76. The first-order valence-corrected chi connectivity index (χ1v) is 14.1. The van der Waals surface area contributed by atoms with Gasteiger partial charge in [-0.3, -0.25) is 9.35 Å². The predicted octanol–water partition coefficient (Wildman–Crippen LogP) is 5.06. The van der Waals surface area contributed by atoms with Gasteiger partial charge in [-0.05, 0) is 16.7 Å². The molecule has 0 bridgehead atoms. The Labute approximate surface area is 230 Å². The molecule has 3 aromatic carbocycles. The van der Waals surface area contributed by atoms with Crippen molar-refractivity contribution < 1.29 is 27.3 Å². The third kappa shape index (κ3) is 6.23. The molecule has 0 atom stereocenters. The first-order chi connectivity index (χ1) is 18.6. The number of nitrogens with one attached hydrogen (secondary N) is 1. The quantitative estimate of drug-likeness (QED) is 0.0898. The molecule has 0 spiro atoms. The molecule has 0 saturated carbocycles. The number of methoxy groups -OCH3 is 1. The summed E-state index contributed by atoms with van der Waals surface area (Å²) in [6.07, 6.45) is 0. The molecule has 39 heavy (non-hydrogen) atoms. The number of nitrogens with zero attached hydrogens (tertiary/aromatic N) is 2. The zero-order valence-electron chi connectivity index (χ0n) is 21.4. The number of benzene rings is 3. The van der Waals surface area contributed by atoms with Crippen molar-refractivity contribution in [2.75, 3.05) is 12.4 Å². The Morgan fingerprint density at radius 1 is 0.897 bits per heavy atom. The number of hydrogen-bond acceptors (Lipinski definition) is 9. The number of anilines is 1. The normalized spacial score (nSPS) is 12.7. The first-order valence-electron chi connectivity index (χ1n) is 11.8. The van der Waals surface area contributed by atoms with Crippen LogP contribution in [0.25, 0.3) is 0 Å². The van der Waals surface area contributed by atoms with Crippen LogP contribution in [-0.2, 0) is 30.0 Å². The van der Waals surface area contributed by atoms with E-state index >= 15 is 0 Å². The Balaban J connectivity index is 1.86. The van der Waals surface area contributed by atoms with Gasteiger partial charge in [-0.15, -0.1) is 11.3 Å². The van der Waals surface area contributed by atoms with Crippen LogP contribution in [0, 0.1) is 0 Å². The van der Waals surface area contributed by atoms with Crippen molar-refractivity contribution in [1.29, 1.82) is 0 Å². The Kier molecular flexibility index (Phi) is 8.26. The monoisotopic (exact) mass is 565 g/mol. The van der Waals surface area contributed by atoms with E-state index in [1.165, 1.54) is 26.3 Å². The van der Waals surface area contributed by atoms with Gasteiger partial charge in [-0.2, -0.15) is 8.42 Å². The minimum absolute atomic E-state index is 0.0971. The number of ether oxygens (including phenoxy) is 1. The van der Waals surface area contributed by atoms with Crippen molar-refractivity contribution in [2.45, 2.75) is 25.2 Å². The number of hydrogen-bond donors (Lipinski definition) is 2. The van der Waals surface area contributed by atoms with E-state index in [0.29, 0.717) is 5.13 Å². The number of carbonyl (C=O) groups excluding carboxylic acids is 1. The zero-order chi connectivity index (χ0) is 28.1. The van der Waals surface area contributed by atoms with Crippen LogP contribution in [0.15, 0.2) is 102 Å². The highest BCUT2D eigenvalue weighted by Gasteiger charge is 2.38. The summed E-state index contributed by atoms with van der Waals surface area (Å²) in [5.41, 5.74) is 1.08. The molecule has 0 amide bonds. The molecule has 2 N–H and O–H groups in total. The van der Waals surface area contributed by atoms with E-state index in [0.717, 1.165) is 28.0 Å². The van der Waals surface area contributed by atoms with Gasteiger partial charge < -0.3 is 14.9 Å². The SMILES string of the molecule is COC(C)(C)ON=C(C(=O)S(=O)(=O)O)c1csc(NC(c2ccccc2)(c2ccccc2)c2ccccc2)n1. The van der Waals surface area contributed by atoms with Crippen LogP contribution in [0.4, 0.5) is 5.13 Å². The standard InChI is InChI=1S/C28H27N3O6S2/c1-27(2,36-3)37-31-24(25(32)39(33,34)35)23-19-38-26(29-23)30-28(20-13-7-4-8-14-20,21-15-9-5-10-16-21)22-17-11-6-12-18-22/h4-19H,1-3H3,(H,29,30)(H,33,34,35). The average Bonchev–Trinajstić information content (AvgIpc) is 3.40. The molecule has 0 saturated heterocycles. The zero-order valence-corrected chi connectivity index (χ0v) is 23.1. The van der Waals surface area contributed by atoms with E-state index < -0.39 is 32.3 Å².